The number of ether oxygens (including phenoxy) is 1. The Kier molecular flexibility index (Phi) is 6.25. The Hall–Kier alpha value is -3.19. The summed E-state index contributed by atoms with van der Waals surface area (Å²) in [5, 5.41) is 5.54. The summed E-state index contributed by atoms with van der Waals surface area (Å²) >= 11 is 5.08. The Morgan fingerprint density at radius 2 is 1.72 bits per heavy atom. The fraction of sp³-hybridized carbons (Fsp3) is 0.0556. The number of benzene rings is 2. The maximum Gasteiger partial charge on any atom is 0.250 e. The molecule has 6 nitrogen and oxygen atoms in total. The molecule has 4 N–H and O–H groups in total. The number of carbonyl (C=O) groups is 2. The topological polar surface area (TPSA) is 93.4 Å². The number of primary amides is 1. The van der Waals surface area contributed by atoms with E-state index in [1.54, 1.807) is 49.6 Å². The van der Waals surface area contributed by atoms with Crippen LogP contribution >= 0.6 is 12.2 Å². The molecule has 2 amide bonds. The van der Waals surface area contributed by atoms with Gasteiger partial charge >= 0.3 is 0 Å². The van der Waals surface area contributed by atoms with Crippen molar-refractivity contribution in [3.8, 4) is 5.75 Å². The van der Waals surface area contributed by atoms with Crippen molar-refractivity contribution >= 4 is 40.9 Å². The number of anilines is 1. The molecular formula is C18H17N3O3S. The van der Waals surface area contributed by atoms with Crippen LogP contribution in [0.1, 0.15) is 15.9 Å². The lowest BCUT2D eigenvalue weighted by molar-refractivity contribution is -0.115. The first-order valence-electron chi connectivity index (χ1n) is 7.32. The third kappa shape index (κ3) is 5.74. The molecule has 0 unspecified atom stereocenters. The van der Waals surface area contributed by atoms with E-state index in [0.29, 0.717) is 11.3 Å². The highest BCUT2D eigenvalue weighted by atomic mass is 32.1. The minimum Gasteiger partial charge on any atom is -0.497 e. The second-order valence-corrected chi connectivity index (χ2v) is 5.40. The van der Waals surface area contributed by atoms with Gasteiger partial charge in [-0.2, -0.15) is 0 Å². The van der Waals surface area contributed by atoms with Crippen LogP contribution in [0.25, 0.3) is 6.08 Å². The molecule has 128 valence electrons. The Balaban J connectivity index is 1.87. The van der Waals surface area contributed by atoms with Gasteiger partial charge in [0.15, 0.2) is 5.11 Å². The Labute approximate surface area is 150 Å². The minimum absolute atomic E-state index is 0.149. The van der Waals surface area contributed by atoms with Crippen molar-refractivity contribution in [1.82, 2.24) is 5.32 Å². The van der Waals surface area contributed by atoms with Crippen molar-refractivity contribution in [2.24, 2.45) is 5.73 Å². The molecule has 0 fully saturated rings. The van der Waals surface area contributed by atoms with Crippen LogP contribution in [0.4, 0.5) is 5.69 Å². The molecule has 2 aromatic rings. The molecule has 2 rings (SSSR count). The number of hydrogen-bond donors (Lipinski definition) is 3. The van der Waals surface area contributed by atoms with E-state index in [0.717, 1.165) is 11.3 Å². The van der Waals surface area contributed by atoms with Crippen LogP contribution in [0.2, 0.25) is 0 Å². The molecule has 0 aliphatic heterocycles. The predicted molar refractivity (Wildman–Crippen MR) is 101 cm³/mol. The number of hydrogen-bond acceptors (Lipinski definition) is 4. The van der Waals surface area contributed by atoms with E-state index in [9.17, 15) is 9.59 Å². The zero-order chi connectivity index (χ0) is 18.2. The number of amides is 2. The van der Waals surface area contributed by atoms with E-state index in [1.807, 2.05) is 12.1 Å². The predicted octanol–water partition coefficient (Wildman–Crippen LogP) is 2.32. The first kappa shape index (κ1) is 18.2. The third-order valence-corrected chi connectivity index (χ3v) is 3.41. The van der Waals surface area contributed by atoms with Gasteiger partial charge in [0.1, 0.15) is 5.75 Å². The quantitative estimate of drug-likeness (QED) is 0.565. The van der Waals surface area contributed by atoms with Gasteiger partial charge in [0, 0.05) is 17.3 Å². The summed E-state index contributed by atoms with van der Waals surface area (Å²) in [5.74, 6) is -0.123. The van der Waals surface area contributed by atoms with Crippen molar-refractivity contribution < 1.29 is 14.3 Å². The van der Waals surface area contributed by atoms with Gasteiger partial charge in [0.25, 0.3) is 0 Å². The fourth-order valence-corrected chi connectivity index (χ4v) is 2.14. The average molecular weight is 355 g/mol. The Morgan fingerprint density at radius 1 is 1.08 bits per heavy atom. The van der Waals surface area contributed by atoms with Gasteiger partial charge in [0.2, 0.25) is 11.8 Å². The first-order valence-corrected chi connectivity index (χ1v) is 7.73. The summed E-state index contributed by atoms with van der Waals surface area (Å²) in [5.41, 5.74) is 7.06. The standard InChI is InChI=1S/C18H17N3O3S/c1-24-15-9-2-12(3-10-15)4-11-16(22)21-18(25)20-14-7-5-13(6-8-14)17(19)23/h2-11H,1H3,(H2,19,23)(H2,20,21,22,25). The largest absolute Gasteiger partial charge is 0.497 e. The number of rotatable bonds is 5. The lowest BCUT2D eigenvalue weighted by atomic mass is 10.2. The van der Waals surface area contributed by atoms with Crippen molar-refractivity contribution in [3.63, 3.8) is 0 Å². The monoisotopic (exact) mass is 355 g/mol. The highest BCUT2D eigenvalue weighted by Gasteiger charge is 2.03. The van der Waals surface area contributed by atoms with Crippen LogP contribution in [0.5, 0.6) is 5.75 Å². The molecule has 0 aliphatic rings. The van der Waals surface area contributed by atoms with E-state index in [4.69, 9.17) is 22.7 Å². The van der Waals surface area contributed by atoms with Crippen molar-refractivity contribution in [2.75, 3.05) is 12.4 Å². The molecule has 0 heterocycles. The van der Waals surface area contributed by atoms with Gasteiger partial charge in [-0.05, 0) is 60.3 Å². The zero-order valence-electron chi connectivity index (χ0n) is 13.5. The SMILES string of the molecule is COc1ccc(C=CC(=O)NC(=S)Nc2ccc(C(N)=O)cc2)cc1. The number of nitrogens with two attached hydrogens (primary N) is 1. The molecule has 0 spiro atoms. The van der Waals surface area contributed by atoms with Crippen LogP contribution in [-0.4, -0.2) is 24.0 Å². The summed E-state index contributed by atoms with van der Waals surface area (Å²) in [6.07, 6.45) is 3.05. The summed E-state index contributed by atoms with van der Waals surface area (Å²) in [7, 11) is 1.59. The maximum atomic E-state index is 11.9. The van der Waals surface area contributed by atoms with E-state index < -0.39 is 5.91 Å². The van der Waals surface area contributed by atoms with Crippen LogP contribution < -0.4 is 21.1 Å². The lowest BCUT2D eigenvalue weighted by Gasteiger charge is -2.08. The number of methoxy groups -OCH3 is 1. The molecule has 0 aromatic heterocycles. The highest BCUT2D eigenvalue weighted by Crippen LogP contribution is 2.12. The molecule has 2 aromatic carbocycles. The van der Waals surface area contributed by atoms with E-state index in [-0.39, 0.29) is 11.0 Å². The third-order valence-electron chi connectivity index (χ3n) is 3.21. The molecule has 0 saturated carbocycles. The van der Waals surface area contributed by atoms with E-state index in [1.165, 1.54) is 6.08 Å². The molecular weight excluding hydrogens is 338 g/mol. The summed E-state index contributed by atoms with van der Waals surface area (Å²) < 4.78 is 5.07. The molecule has 0 radical (unpaired) electrons. The summed E-state index contributed by atoms with van der Waals surface area (Å²) in [6, 6.07) is 13.7. The highest BCUT2D eigenvalue weighted by molar-refractivity contribution is 7.80. The minimum atomic E-state index is -0.508. The van der Waals surface area contributed by atoms with Crippen LogP contribution in [0.15, 0.2) is 54.6 Å². The molecule has 7 heteroatoms. The second kappa shape index (κ2) is 8.60. The Bertz CT molecular complexity index is 799. The smallest absolute Gasteiger partial charge is 0.250 e. The van der Waals surface area contributed by atoms with Crippen LogP contribution in [-0.2, 0) is 4.79 Å². The number of nitrogens with one attached hydrogen (secondary N) is 2. The van der Waals surface area contributed by atoms with E-state index in [2.05, 4.69) is 10.6 Å². The lowest BCUT2D eigenvalue weighted by Crippen LogP contribution is -2.32. The van der Waals surface area contributed by atoms with Gasteiger partial charge in [-0.25, -0.2) is 0 Å². The fourth-order valence-electron chi connectivity index (χ4n) is 1.92. The zero-order valence-corrected chi connectivity index (χ0v) is 14.3. The number of carbonyl (C=O) groups excluding carboxylic acids is 2. The average Bonchev–Trinajstić information content (AvgIpc) is 2.60. The molecule has 25 heavy (non-hydrogen) atoms. The second-order valence-electron chi connectivity index (χ2n) is 4.99. The normalized spacial score (nSPS) is 10.3. The van der Waals surface area contributed by atoms with Crippen molar-refractivity contribution in [3.05, 3.63) is 65.7 Å². The Morgan fingerprint density at radius 3 is 2.28 bits per heavy atom. The molecule has 0 saturated heterocycles. The van der Waals surface area contributed by atoms with Gasteiger partial charge in [0.05, 0.1) is 7.11 Å². The maximum absolute atomic E-state index is 11.9. The van der Waals surface area contributed by atoms with Gasteiger partial charge < -0.3 is 15.8 Å². The van der Waals surface area contributed by atoms with Gasteiger partial charge in [-0.3, -0.25) is 14.9 Å². The van der Waals surface area contributed by atoms with Crippen molar-refractivity contribution in [2.45, 2.75) is 0 Å². The van der Waals surface area contributed by atoms with Gasteiger partial charge in [-0.1, -0.05) is 12.1 Å². The van der Waals surface area contributed by atoms with Crippen LogP contribution in [0.3, 0.4) is 0 Å². The summed E-state index contributed by atoms with van der Waals surface area (Å²) in [6.45, 7) is 0. The number of thiocarbonyl (C=S) groups is 1. The van der Waals surface area contributed by atoms with Crippen LogP contribution in [0, 0.1) is 0 Å². The first-order chi connectivity index (χ1) is 12.0. The molecule has 0 aliphatic carbocycles. The van der Waals surface area contributed by atoms with E-state index >= 15 is 0 Å². The molecule has 0 bridgehead atoms. The molecule has 0 atom stereocenters. The van der Waals surface area contributed by atoms with Gasteiger partial charge in [-0.15, -0.1) is 0 Å². The summed E-state index contributed by atoms with van der Waals surface area (Å²) in [4.78, 5) is 22.9. The van der Waals surface area contributed by atoms with Crippen molar-refractivity contribution in [1.29, 1.82) is 0 Å².